The van der Waals surface area contributed by atoms with Crippen molar-refractivity contribution in [3.8, 4) is 0 Å². The Balaban J connectivity index is 1.56. The molecule has 0 radical (unpaired) electrons. The molecule has 1 saturated carbocycles. The second-order valence-electron chi connectivity index (χ2n) is 7.38. The zero-order valence-corrected chi connectivity index (χ0v) is 14.8. The number of hydrogen-bond donors (Lipinski definition) is 3. The Bertz CT molecular complexity index is 717. The Hall–Kier alpha value is -1.69. The number of rotatable bonds is 5. The molecule has 4 nitrogen and oxygen atoms in total. The van der Waals surface area contributed by atoms with Gasteiger partial charge < -0.3 is 19.9 Å². The highest BCUT2D eigenvalue weighted by Crippen LogP contribution is 2.37. The summed E-state index contributed by atoms with van der Waals surface area (Å²) in [4.78, 5) is 0. The van der Waals surface area contributed by atoms with Crippen LogP contribution in [-0.2, 0) is 11.2 Å². The van der Waals surface area contributed by atoms with Gasteiger partial charge in [0.2, 0.25) is 0 Å². The monoisotopic (exact) mass is 347 g/mol. The summed E-state index contributed by atoms with van der Waals surface area (Å²) in [6, 6.07) is 10.0. The van der Waals surface area contributed by atoms with E-state index in [0.717, 1.165) is 18.6 Å². The number of nitrogens with one attached hydrogen (secondary N) is 1. The number of benzene rings is 1. The van der Waals surface area contributed by atoms with E-state index >= 15 is 0 Å². The summed E-state index contributed by atoms with van der Waals surface area (Å²) < 4.78 is 18.9. The Morgan fingerprint density at radius 2 is 2.00 bits per heavy atom. The van der Waals surface area contributed by atoms with Crippen molar-refractivity contribution < 1.29 is 19.0 Å². The van der Waals surface area contributed by atoms with E-state index in [0.29, 0.717) is 30.7 Å². The second-order valence-corrected chi connectivity index (χ2v) is 7.38. The lowest BCUT2D eigenvalue weighted by molar-refractivity contribution is -0.0144. The SMILES string of the molecule is Cc1ccc([C@@](C)(O)CNC2CCC(O)(c3cccc(F)c3)CC2)o1. The largest absolute Gasteiger partial charge is 0.463 e. The molecule has 3 rings (SSSR count). The van der Waals surface area contributed by atoms with Gasteiger partial charge in [0.25, 0.3) is 0 Å². The van der Waals surface area contributed by atoms with Crippen LogP contribution in [0.4, 0.5) is 4.39 Å². The molecule has 0 spiro atoms. The van der Waals surface area contributed by atoms with Gasteiger partial charge in [0.1, 0.15) is 22.9 Å². The maximum Gasteiger partial charge on any atom is 0.136 e. The molecule has 1 fully saturated rings. The first-order valence-electron chi connectivity index (χ1n) is 8.80. The molecular weight excluding hydrogens is 321 g/mol. The van der Waals surface area contributed by atoms with E-state index in [1.165, 1.54) is 12.1 Å². The van der Waals surface area contributed by atoms with Crippen molar-refractivity contribution in [2.75, 3.05) is 6.54 Å². The predicted molar refractivity (Wildman–Crippen MR) is 93.6 cm³/mol. The van der Waals surface area contributed by atoms with Gasteiger partial charge in [0.05, 0.1) is 5.60 Å². The van der Waals surface area contributed by atoms with Crippen LogP contribution in [0.5, 0.6) is 0 Å². The molecule has 1 aliphatic carbocycles. The molecule has 1 aromatic heterocycles. The fourth-order valence-electron chi connectivity index (χ4n) is 3.52. The summed E-state index contributed by atoms with van der Waals surface area (Å²) in [7, 11) is 0. The number of halogens is 1. The zero-order valence-electron chi connectivity index (χ0n) is 14.8. The van der Waals surface area contributed by atoms with Crippen molar-refractivity contribution in [1.82, 2.24) is 5.32 Å². The normalized spacial score (nSPS) is 26.4. The van der Waals surface area contributed by atoms with Gasteiger partial charge in [-0.1, -0.05) is 12.1 Å². The fraction of sp³-hybridized carbons (Fsp3) is 0.500. The fourth-order valence-corrected chi connectivity index (χ4v) is 3.52. The molecule has 0 aliphatic heterocycles. The highest BCUT2D eigenvalue weighted by Gasteiger charge is 2.36. The zero-order chi connectivity index (χ0) is 18.1. The van der Waals surface area contributed by atoms with E-state index < -0.39 is 11.2 Å². The lowest BCUT2D eigenvalue weighted by Gasteiger charge is -2.37. The third-order valence-corrected chi connectivity index (χ3v) is 5.18. The number of furan rings is 1. The molecule has 1 heterocycles. The lowest BCUT2D eigenvalue weighted by Crippen LogP contribution is -2.44. The van der Waals surface area contributed by atoms with E-state index in [1.54, 1.807) is 25.1 Å². The average molecular weight is 347 g/mol. The molecular formula is C20H26FNO3. The quantitative estimate of drug-likeness (QED) is 0.776. The summed E-state index contributed by atoms with van der Waals surface area (Å²) in [5.41, 5.74) is -1.41. The predicted octanol–water partition coefficient (Wildman–Crippen LogP) is 3.35. The molecule has 136 valence electrons. The van der Waals surface area contributed by atoms with Crippen LogP contribution in [-0.4, -0.2) is 22.8 Å². The molecule has 0 bridgehead atoms. The molecule has 1 aliphatic rings. The molecule has 0 unspecified atom stereocenters. The first-order valence-corrected chi connectivity index (χ1v) is 8.80. The van der Waals surface area contributed by atoms with Crippen molar-refractivity contribution in [2.24, 2.45) is 0 Å². The van der Waals surface area contributed by atoms with Crippen LogP contribution >= 0.6 is 0 Å². The van der Waals surface area contributed by atoms with Gasteiger partial charge in [-0.25, -0.2) is 4.39 Å². The van der Waals surface area contributed by atoms with E-state index in [1.807, 2.05) is 13.0 Å². The number of aliphatic hydroxyl groups is 2. The van der Waals surface area contributed by atoms with E-state index in [2.05, 4.69) is 5.32 Å². The summed E-state index contributed by atoms with van der Waals surface area (Å²) in [5.74, 6) is 0.994. The molecule has 3 N–H and O–H groups in total. The van der Waals surface area contributed by atoms with Crippen molar-refractivity contribution in [3.05, 3.63) is 59.3 Å². The highest BCUT2D eigenvalue weighted by molar-refractivity contribution is 5.24. The van der Waals surface area contributed by atoms with Gasteiger partial charge in [-0.05, 0) is 69.4 Å². The van der Waals surface area contributed by atoms with Crippen LogP contribution in [0.15, 0.2) is 40.8 Å². The van der Waals surface area contributed by atoms with E-state index in [4.69, 9.17) is 4.42 Å². The van der Waals surface area contributed by atoms with Gasteiger partial charge in [-0.3, -0.25) is 0 Å². The molecule has 2 aromatic rings. The van der Waals surface area contributed by atoms with Crippen molar-refractivity contribution in [1.29, 1.82) is 0 Å². The summed E-state index contributed by atoms with van der Waals surface area (Å²) in [5, 5.41) is 24.8. The standard InChI is InChI=1S/C20H26FNO3/c1-14-6-7-18(25-14)19(2,23)13-22-17-8-10-20(24,11-9-17)15-4-3-5-16(21)12-15/h3-7,12,17,22-24H,8-11,13H2,1-2H3/t17?,19-,20?/m0/s1. The van der Waals surface area contributed by atoms with Crippen LogP contribution in [0.25, 0.3) is 0 Å². The third kappa shape index (κ3) is 4.11. The summed E-state index contributed by atoms with van der Waals surface area (Å²) >= 11 is 0. The first-order chi connectivity index (χ1) is 11.8. The lowest BCUT2D eigenvalue weighted by atomic mass is 9.77. The maximum atomic E-state index is 13.4. The van der Waals surface area contributed by atoms with Crippen LogP contribution in [0, 0.1) is 12.7 Å². The number of hydrogen-bond acceptors (Lipinski definition) is 4. The Morgan fingerprint density at radius 1 is 1.28 bits per heavy atom. The van der Waals surface area contributed by atoms with Crippen molar-refractivity contribution in [2.45, 2.75) is 56.8 Å². The molecule has 1 atom stereocenters. The minimum atomic E-state index is -1.08. The average Bonchev–Trinajstić information content (AvgIpc) is 3.02. The topological polar surface area (TPSA) is 65.6 Å². The number of aryl methyl sites for hydroxylation is 1. The van der Waals surface area contributed by atoms with Gasteiger partial charge in [0, 0.05) is 12.6 Å². The first kappa shape index (κ1) is 18.1. The molecule has 0 amide bonds. The second kappa shape index (κ2) is 6.90. The van der Waals surface area contributed by atoms with Crippen molar-refractivity contribution in [3.63, 3.8) is 0 Å². The van der Waals surface area contributed by atoms with Crippen molar-refractivity contribution >= 4 is 0 Å². The van der Waals surface area contributed by atoms with Crippen LogP contribution in [0.1, 0.15) is 49.7 Å². The Kier molecular flexibility index (Phi) is 5.00. The van der Waals surface area contributed by atoms with E-state index in [9.17, 15) is 14.6 Å². The Morgan fingerprint density at radius 3 is 2.60 bits per heavy atom. The summed E-state index contributed by atoms with van der Waals surface area (Å²) in [6.45, 7) is 3.95. The van der Waals surface area contributed by atoms with E-state index in [-0.39, 0.29) is 11.9 Å². The van der Waals surface area contributed by atoms with Crippen LogP contribution in [0.2, 0.25) is 0 Å². The van der Waals surface area contributed by atoms with Gasteiger partial charge in [-0.2, -0.15) is 0 Å². The van der Waals surface area contributed by atoms with Crippen LogP contribution < -0.4 is 5.32 Å². The highest BCUT2D eigenvalue weighted by atomic mass is 19.1. The van der Waals surface area contributed by atoms with Gasteiger partial charge >= 0.3 is 0 Å². The molecule has 25 heavy (non-hydrogen) atoms. The minimum Gasteiger partial charge on any atom is -0.463 e. The van der Waals surface area contributed by atoms with Gasteiger partial charge in [-0.15, -0.1) is 0 Å². The maximum absolute atomic E-state index is 13.4. The smallest absolute Gasteiger partial charge is 0.136 e. The Labute approximate surface area is 147 Å². The van der Waals surface area contributed by atoms with Gasteiger partial charge in [0.15, 0.2) is 0 Å². The minimum absolute atomic E-state index is 0.205. The van der Waals surface area contributed by atoms with Crippen LogP contribution in [0.3, 0.4) is 0 Å². The molecule has 5 heteroatoms. The summed E-state index contributed by atoms with van der Waals surface area (Å²) in [6.07, 6.45) is 2.66. The molecule has 0 saturated heterocycles. The molecule has 1 aromatic carbocycles. The third-order valence-electron chi connectivity index (χ3n) is 5.18.